The molecule has 80 valence electrons. The fourth-order valence-corrected chi connectivity index (χ4v) is 2.16. The summed E-state index contributed by atoms with van der Waals surface area (Å²) in [7, 11) is -1.06. The van der Waals surface area contributed by atoms with Gasteiger partial charge in [-0.2, -0.15) is 0 Å². The van der Waals surface area contributed by atoms with Crippen LogP contribution in [0.2, 0.25) is 5.02 Å². The van der Waals surface area contributed by atoms with Crippen molar-refractivity contribution >= 4 is 28.9 Å². The molecule has 0 bridgehead atoms. The molecule has 7 heteroatoms. The molecule has 1 atom stereocenters. The smallest absolute Gasteiger partial charge is 0.842 e. The lowest BCUT2D eigenvalue weighted by atomic mass is 10.4. The molecule has 0 amide bonds. The van der Waals surface area contributed by atoms with Crippen LogP contribution in [0.25, 0.3) is 0 Å². The molecule has 1 aromatic rings. The quantitative estimate of drug-likeness (QED) is 0.392. The van der Waals surface area contributed by atoms with Crippen LogP contribution in [0, 0.1) is 0 Å². The molecule has 0 nitrogen and oxygen atoms in total. The summed E-state index contributed by atoms with van der Waals surface area (Å²) in [4.78, 5) is 0.536. The molecule has 1 rings (SSSR count). The van der Waals surface area contributed by atoms with E-state index in [-0.39, 0.29) is 9.41 Å². The van der Waals surface area contributed by atoms with Crippen LogP contribution in [-0.4, -0.2) is 12.8 Å². The minimum atomic E-state index is -2.33. The Balaban J connectivity index is 0. The van der Waals surface area contributed by atoms with E-state index in [1.807, 2.05) is 0 Å². The first-order valence-electron chi connectivity index (χ1n) is 3.30. The molecule has 0 aliphatic heterocycles. The number of halogens is 5. The molecule has 0 N–H and O–H groups in total. The van der Waals surface area contributed by atoms with Gasteiger partial charge in [0.1, 0.15) is 0 Å². The van der Waals surface area contributed by atoms with Crippen molar-refractivity contribution in [2.24, 2.45) is 0 Å². The molecule has 0 aliphatic rings. The molecule has 0 aromatic heterocycles. The Kier molecular flexibility index (Phi) is 8.05. The zero-order valence-electron chi connectivity index (χ0n) is 7.22. The Morgan fingerprint density at radius 1 is 1.29 bits per heavy atom. The minimum absolute atomic E-state index is 0. The molecule has 0 radical (unpaired) electrons. The first kappa shape index (κ1) is 16.1. The van der Waals surface area contributed by atoms with Gasteiger partial charge in [0.15, 0.2) is 4.90 Å². The molecule has 0 saturated carbocycles. The van der Waals surface area contributed by atoms with E-state index >= 15 is 0 Å². The molecule has 0 spiro atoms. The van der Waals surface area contributed by atoms with Gasteiger partial charge in [-0.15, -0.1) is 0 Å². The lowest BCUT2D eigenvalue weighted by molar-refractivity contribution is -0.00000462. The third-order valence-electron chi connectivity index (χ3n) is 1.45. The highest BCUT2D eigenvalue weighted by atomic mass is 35.5. The van der Waals surface area contributed by atoms with Gasteiger partial charge in [0, 0.05) is 10.7 Å². The summed E-state index contributed by atoms with van der Waals surface area (Å²) in [5.41, 5.74) is 0. The normalized spacial score (nSPS) is 10.9. The summed E-state index contributed by atoms with van der Waals surface area (Å²) in [5.74, 6) is 0. The first-order valence-corrected chi connectivity index (χ1v) is 5.37. The fourth-order valence-electron chi connectivity index (χ4n) is 0.802. The SMILES string of the molecule is C[S+](B(F)F)c1ccccc1Cl.F.[F-]. The Labute approximate surface area is 87.8 Å². The second kappa shape index (κ2) is 7.01. The molecular formula is C7H8BClF4S. The Morgan fingerprint density at radius 3 is 2.21 bits per heavy atom. The van der Waals surface area contributed by atoms with Gasteiger partial charge < -0.3 is 4.70 Å². The van der Waals surface area contributed by atoms with Crippen LogP contribution in [0.4, 0.5) is 13.3 Å². The summed E-state index contributed by atoms with van der Waals surface area (Å²) < 4.78 is 24.5. The van der Waals surface area contributed by atoms with Crippen LogP contribution in [0.15, 0.2) is 29.2 Å². The van der Waals surface area contributed by atoms with Crippen LogP contribution in [0.5, 0.6) is 0 Å². The molecule has 14 heavy (non-hydrogen) atoms. The van der Waals surface area contributed by atoms with Crippen LogP contribution in [0.3, 0.4) is 0 Å². The first-order chi connectivity index (χ1) is 5.63. The zero-order chi connectivity index (χ0) is 9.14. The number of rotatable bonds is 2. The van der Waals surface area contributed by atoms with Crippen LogP contribution < -0.4 is 4.70 Å². The van der Waals surface area contributed by atoms with Crippen molar-refractivity contribution in [3.63, 3.8) is 0 Å². The van der Waals surface area contributed by atoms with E-state index < -0.39 is 17.3 Å². The van der Waals surface area contributed by atoms with E-state index in [2.05, 4.69) is 0 Å². The monoisotopic (exact) mass is 246 g/mol. The molecule has 0 aliphatic carbocycles. The highest BCUT2D eigenvalue weighted by Gasteiger charge is 2.40. The van der Waals surface area contributed by atoms with Crippen molar-refractivity contribution in [3.05, 3.63) is 29.3 Å². The lowest BCUT2D eigenvalue weighted by Crippen LogP contribution is -3.00. The molecule has 0 fully saturated rings. The van der Waals surface area contributed by atoms with Crippen molar-refractivity contribution in [2.75, 3.05) is 6.26 Å². The third-order valence-corrected chi connectivity index (χ3v) is 3.48. The van der Waals surface area contributed by atoms with E-state index in [9.17, 15) is 8.63 Å². The predicted molar refractivity (Wildman–Crippen MR) is 53.5 cm³/mol. The van der Waals surface area contributed by atoms with Crippen molar-refractivity contribution in [1.29, 1.82) is 0 Å². The highest BCUT2D eigenvalue weighted by Crippen LogP contribution is 2.24. The van der Waals surface area contributed by atoms with Gasteiger partial charge >= 0.3 is 6.55 Å². The summed E-state index contributed by atoms with van der Waals surface area (Å²) in [6.07, 6.45) is 1.49. The van der Waals surface area contributed by atoms with E-state index in [1.54, 1.807) is 24.3 Å². The maximum absolute atomic E-state index is 12.2. The summed E-state index contributed by atoms with van der Waals surface area (Å²) in [5, 5.41) is 0.420. The van der Waals surface area contributed by atoms with E-state index in [0.29, 0.717) is 9.92 Å². The Morgan fingerprint density at radius 2 is 1.79 bits per heavy atom. The van der Waals surface area contributed by atoms with Gasteiger partial charge in [0.2, 0.25) is 0 Å². The highest BCUT2D eigenvalue weighted by molar-refractivity contribution is 8.20. The topological polar surface area (TPSA) is 0 Å². The summed E-state index contributed by atoms with van der Waals surface area (Å²) >= 11 is 5.74. The van der Waals surface area contributed by atoms with Gasteiger partial charge in [-0.3, -0.25) is 4.70 Å². The van der Waals surface area contributed by atoms with E-state index in [0.717, 1.165) is 0 Å². The van der Waals surface area contributed by atoms with E-state index in [4.69, 9.17) is 11.6 Å². The predicted octanol–water partition coefficient (Wildman–Crippen LogP) is 0.0274. The maximum Gasteiger partial charge on any atom is 0.842 e. The van der Waals surface area contributed by atoms with E-state index in [1.165, 1.54) is 6.26 Å². The second-order valence-electron chi connectivity index (χ2n) is 2.25. The largest absolute Gasteiger partial charge is 1.00 e. The lowest BCUT2D eigenvalue weighted by Gasteiger charge is -1.99. The number of hydrogen-bond donors (Lipinski definition) is 0. The van der Waals surface area contributed by atoms with Gasteiger partial charge in [-0.25, -0.2) is 8.63 Å². The van der Waals surface area contributed by atoms with Gasteiger partial charge in [0.25, 0.3) is 0 Å². The number of benzene rings is 1. The molecule has 1 aromatic carbocycles. The third kappa shape index (κ3) is 3.80. The average molecular weight is 246 g/mol. The molecule has 1 unspecified atom stereocenters. The second-order valence-corrected chi connectivity index (χ2v) is 4.57. The molecular weight excluding hydrogens is 238 g/mol. The van der Waals surface area contributed by atoms with Gasteiger partial charge in [-0.05, 0) is 12.1 Å². The Bertz CT molecular complexity index is 274. The van der Waals surface area contributed by atoms with Gasteiger partial charge in [0.05, 0.1) is 11.3 Å². The average Bonchev–Trinajstić information content (AvgIpc) is 2.04. The van der Waals surface area contributed by atoms with Crippen molar-refractivity contribution < 1.29 is 18.0 Å². The fraction of sp³-hybridized carbons (Fsp3) is 0.143. The Hall–Kier alpha value is -0.355. The molecule has 0 saturated heterocycles. The van der Waals surface area contributed by atoms with Crippen molar-refractivity contribution in [2.45, 2.75) is 4.90 Å². The standard InChI is InChI=1S/C7H7BClF2S.2FH/c1-12(8(10)11)7-5-3-2-4-6(7)9;;/h2-5H,1H3;2*1H/q+1;;/p-1. The van der Waals surface area contributed by atoms with Crippen LogP contribution >= 0.6 is 11.6 Å². The van der Waals surface area contributed by atoms with Crippen molar-refractivity contribution in [1.82, 2.24) is 0 Å². The van der Waals surface area contributed by atoms with Crippen LogP contribution in [-0.2, 0) is 10.7 Å². The minimum Gasteiger partial charge on any atom is -1.00 e. The summed E-state index contributed by atoms with van der Waals surface area (Å²) in [6, 6.07) is 6.71. The molecule has 0 heterocycles. The van der Waals surface area contributed by atoms with Gasteiger partial charge in [-0.1, -0.05) is 23.7 Å². The van der Waals surface area contributed by atoms with Crippen molar-refractivity contribution in [3.8, 4) is 0 Å². The number of hydrogen-bond acceptors (Lipinski definition) is 0. The zero-order valence-corrected chi connectivity index (χ0v) is 8.79. The van der Waals surface area contributed by atoms with Crippen LogP contribution in [0.1, 0.15) is 0 Å². The summed E-state index contributed by atoms with van der Waals surface area (Å²) in [6.45, 7) is -2.33. The maximum atomic E-state index is 12.2.